The van der Waals surface area contributed by atoms with Gasteiger partial charge in [-0.15, -0.1) is 24.0 Å². The van der Waals surface area contributed by atoms with Crippen molar-refractivity contribution in [2.24, 2.45) is 0 Å². The van der Waals surface area contributed by atoms with E-state index in [4.69, 9.17) is 0 Å². The quantitative estimate of drug-likeness (QED) is 0.572. The van der Waals surface area contributed by atoms with E-state index in [9.17, 15) is 0 Å². The van der Waals surface area contributed by atoms with Crippen molar-refractivity contribution in [2.45, 2.75) is 4.90 Å². The summed E-state index contributed by atoms with van der Waals surface area (Å²) < 4.78 is 0. The van der Waals surface area contributed by atoms with Crippen LogP contribution in [0, 0.1) is 0 Å². The van der Waals surface area contributed by atoms with E-state index < -0.39 is 0 Å². The standard InChI is InChI=1S/C9H7NS2.Na.H/c11-8-4-2-1-3-7(8)9-10-5-6-12-9;;/h1-6,11H;;. The molecule has 1 aromatic heterocycles. The summed E-state index contributed by atoms with van der Waals surface area (Å²) in [7, 11) is 0. The predicted octanol–water partition coefficient (Wildman–Crippen LogP) is 2.45. The molecule has 0 N–H and O–H groups in total. The molecule has 0 radical (unpaired) electrons. The first-order valence-corrected chi connectivity index (χ1v) is 4.88. The topological polar surface area (TPSA) is 12.9 Å². The number of hydrogen-bond donors (Lipinski definition) is 1. The molecular formula is C9H8NNaS2. The second kappa shape index (κ2) is 5.17. The molecule has 0 amide bonds. The number of thiazole rings is 1. The molecule has 0 aliphatic rings. The summed E-state index contributed by atoms with van der Waals surface area (Å²) in [5.74, 6) is 0. The van der Waals surface area contributed by atoms with Gasteiger partial charge in [0.25, 0.3) is 0 Å². The molecule has 2 rings (SSSR count). The molecule has 0 fully saturated rings. The fourth-order valence-electron chi connectivity index (χ4n) is 1.01. The molecule has 0 bridgehead atoms. The van der Waals surface area contributed by atoms with Crippen molar-refractivity contribution in [3.63, 3.8) is 0 Å². The normalized spacial score (nSPS) is 9.31. The molecule has 0 aliphatic heterocycles. The summed E-state index contributed by atoms with van der Waals surface area (Å²) in [4.78, 5) is 5.20. The third-order valence-corrected chi connectivity index (χ3v) is 2.76. The summed E-state index contributed by atoms with van der Waals surface area (Å²) in [6, 6.07) is 7.97. The zero-order chi connectivity index (χ0) is 8.39. The molecule has 2 aromatic rings. The van der Waals surface area contributed by atoms with Gasteiger partial charge in [-0.1, -0.05) is 18.2 Å². The van der Waals surface area contributed by atoms with Crippen LogP contribution in [0.25, 0.3) is 10.6 Å². The number of benzene rings is 1. The Hall–Kier alpha value is 0.200. The van der Waals surface area contributed by atoms with E-state index in [1.807, 2.05) is 29.6 Å². The molecule has 62 valence electrons. The van der Waals surface area contributed by atoms with Crippen LogP contribution in [0.15, 0.2) is 40.7 Å². The van der Waals surface area contributed by atoms with Crippen molar-refractivity contribution >= 4 is 53.5 Å². The second-order valence-electron chi connectivity index (χ2n) is 2.35. The van der Waals surface area contributed by atoms with Crippen molar-refractivity contribution in [1.82, 2.24) is 4.98 Å². The van der Waals surface area contributed by atoms with Crippen molar-refractivity contribution < 1.29 is 0 Å². The molecule has 4 heteroatoms. The number of hydrogen-bond acceptors (Lipinski definition) is 3. The first-order valence-electron chi connectivity index (χ1n) is 3.56. The third kappa shape index (κ3) is 2.58. The Morgan fingerprint density at radius 3 is 2.62 bits per heavy atom. The van der Waals surface area contributed by atoms with Crippen LogP contribution in [0.2, 0.25) is 0 Å². The number of rotatable bonds is 1. The van der Waals surface area contributed by atoms with Gasteiger partial charge in [-0.05, 0) is 6.07 Å². The molecule has 0 spiro atoms. The van der Waals surface area contributed by atoms with Gasteiger partial charge >= 0.3 is 29.6 Å². The van der Waals surface area contributed by atoms with Gasteiger partial charge in [-0.25, -0.2) is 4.98 Å². The van der Waals surface area contributed by atoms with Gasteiger partial charge in [-0.2, -0.15) is 0 Å². The van der Waals surface area contributed by atoms with Gasteiger partial charge in [0, 0.05) is 22.0 Å². The number of aromatic nitrogens is 1. The SMILES string of the molecule is Sc1ccccc1-c1nccs1.[NaH]. The first-order chi connectivity index (χ1) is 5.88. The van der Waals surface area contributed by atoms with Gasteiger partial charge in [0.05, 0.1) is 0 Å². The van der Waals surface area contributed by atoms with Crippen LogP contribution in [0.3, 0.4) is 0 Å². The minimum atomic E-state index is 0. The molecule has 1 nitrogen and oxygen atoms in total. The first kappa shape index (κ1) is 11.3. The summed E-state index contributed by atoms with van der Waals surface area (Å²) >= 11 is 5.98. The number of thiol groups is 1. The van der Waals surface area contributed by atoms with Crippen molar-refractivity contribution in [3.05, 3.63) is 35.8 Å². The van der Waals surface area contributed by atoms with Crippen LogP contribution in [0.5, 0.6) is 0 Å². The van der Waals surface area contributed by atoms with Crippen molar-refractivity contribution in [2.75, 3.05) is 0 Å². The van der Waals surface area contributed by atoms with Gasteiger partial charge < -0.3 is 0 Å². The molecular weight excluding hydrogens is 209 g/mol. The maximum absolute atomic E-state index is 4.35. The van der Waals surface area contributed by atoms with Gasteiger partial charge in [0.1, 0.15) is 5.01 Å². The average molecular weight is 217 g/mol. The Morgan fingerprint density at radius 1 is 1.23 bits per heavy atom. The average Bonchev–Trinajstić information content (AvgIpc) is 2.57. The van der Waals surface area contributed by atoms with Gasteiger partial charge in [0.15, 0.2) is 0 Å². The molecule has 0 unspecified atom stereocenters. The van der Waals surface area contributed by atoms with Crippen LogP contribution in [-0.2, 0) is 0 Å². The molecule has 1 aromatic carbocycles. The van der Waals surface area contributed by atoms with Crippen molar-refractivity contribution in [1.29, 1.82) is 0 Å². The zero-order valence-corrected chi connectivity index (χ0v) is 7.98. The second-order valence-corrected chi connectivity index (χ2v) is 3.73. The van der Waals surface area contributed by atoms with Crippen LogP contribution in [0.4, 0.5) is 0 Å². The summed E-state index contributed by atoms with van der Waals surface area (Å²) in [5, 5.41) is 3.00. The van der Waals surface area contributed by atoms with Crippen molar-refractivity contribution in [3.8, 4) is 10.6 Å². The molecule has 1 heterocycles. The van der Waals surface area contributed by atoms with E-state index in [1.54, 1.807) is 17.5 Å². The Labute approximate surface area is 109 Å². The predicted molar refractivity (Wildman–Crippen MR) is 62.0 cm³/mol. The van der Waals surface area contributed by atoms with E-state index in [0.29, 0.717) is 0 Å². The molecule has 0 saturated heterocycles. The van der Waals surface area contributed by atoms with Crippen LogP contribution in [-0.4, -0.2) is 34.5 Å². The zero-order valence-electron chi connectivity index (χ0n) is 6.27. The van der Waals surface area contributed by atoms with Crippen LogP contribution < -0.4 is 0 Å². The Kier molecular flexibility index (Phi) is 4.49. The molecule has 13 heavy (non-hydrogen) atoms. The number of nitrogens with zero attached hydrogens (tertiary/aromatic N) is 1. The third-order valence-electron chi connectivity index (χ3n) is 1.57. The Morgan fingerprint density at radius 2 is 2.00 bits per heavy atom. The minimum absolute atomic E-state index is 0. The summed E-state index contributed by atoms with van der Waals surface area (Å²) in [6.07, 6.45) is 1.81. The van der Waals surface area contributed by atoms with E-state index >= 15 is 0 Å². The molecule has 0 atom stereocenters. The summed E-state index contributed by atoms with van der Waals surface area (Å²) in [5.41, 5.74) is 1.11. The summed E-state index contributed by atoms with van der Waals surface area (Å²) in [6.45, 7) is 0. The van der Waals surface area contributed by atoms with Crippen LogP contribution >= 0.6 is 24.0 Å². The van der Waals surface area contributed by atoms with Crippen LogP contribution in [0.1, 0.15) is 0 Å². The van der Waals surface area contributed by atoms with Gasteiger partial charge in [0.2, 0.25) is 0 Å². The Bertz CT molecular complexity index is 373. The monoisotopic (exact) mass is 217 g/mol. The van der Waals surface area contributed by atoms with E-state index in [1.165, 1.54) is 0 Å². The van der Waals surface area contributed by atoms with E-state index in [0.717, 1.165) is 15.5 Å². The van der Waals surface area contributed by atoms with E-state index in [2.05, 4.69) is 17.6 Å². The van der Waals surface area contributed by atoms with Gasteiger partial charge in [-0.3, -0.25) is 0 Å². The van der Waals surface area contributed by atoms with E-state index in [-0.39, 0.29) is 29.6 Å². The fourth-order valence-corrected chi connectivity index (χ4v) is 2.03. The molecule has 0 saturated carbocycles. The molecule has 0 aliphatic carbocycles. The maximum atomic E-state index is 4.35. The Balaban J connectivity index is 0.000000845. The fraction of sp³-hybridized carbons (Fsp3) is 0.